The van der Waals surface area contributed by atoms with Crippen LogP contribution in [0, 0.1) is 0 Å². The second-order valence-electron chi connectivity index (χ2n) is 7.10. The predicted molar refractivity (Wildman–Crippen MR) is 124 cm³/mol. The molecular formula is C23H24N4OS2. The molecule has 0 saturated carbocycles. The van der Waals surface area contributed by atoms with Gasteiger partial charge in [0.1, 0.15) is 0 Å². The average Bonchev–Trinajstić information content (AvgIpc) is 3.42. The average molecular weight is 437 g/mol. The zero-order valence-electron chi connectivity index (χ0n) is 16.7. The maximum absolute atomic E-state index is 12.1. The summed E-state index contributed by atoms with van der Waals surface area (Å²) in [6.45, 7) is 0.695. The number of rotatable bonds is 10. The van der Waals surface area contributed by atoms with Gasteiger partial charge in [-0.1, -0.05) is 12.1 Å². The number of fused-ring (bicyclic) bond motifs is 1. The zero-order valence-corrected chi connectivity index (χ0v) is 18.3. The number of nitrogens with zero attached hydrogens (tertiary/aromatic N) is 3. The van der Waals surface area contributed by atoms with E-state index < -0.39 is 0 Å². The summed E-state index contributed by atoms with van der Waals surface area (Å²) >= 11 is 3.42. The third kappa shape index (κ3) is 5.70. The quantitative estimate of drug-likeness (QED) is 0.344. The second kappa shape index (κ2) is 10.4. The van der Waals surface area contributed by atoms with Gasteiger partial charge < -0.3 is 5.32 Å². The number of benzene rings is 1. The Bertz CT molecular complexity index is 1060. The van der Waals surface area contributed by atoms with Gasteiger partial charge in [-0.25, -0.2) is 9.97 Å². The van der Waals surface area contributed by atoms with Gasteiger partial charge in [0, 0.05) is 42.7 Å². The maximum Gasteiger partial charge on any atom is 0.219 e. The summed E-state index contributed by atoms with van der Waals surface area (Å²) in [4.78, 5) is 25.4. The lowest BCUT2D eigenvalue weighted by Crippen LogP contribution is -2.24. The van der Waals surface area contributed by atoms with Gasteiger partial charge in [0.2, 0.25) is 5.91 Å². The fraction of sp³-hybridized carbons (Fsp3) is 0.304. The molecule has 5 nitrogen and oxygen atoms in total. The van der Waals surface area contributed by atoms with Gasteiger partial charge in [0.05, 0.1) is 25.9 Å². The lowest BCUT2D eigenvalue weighted by atomic mass is 10.2. The van der Waals surface area contributed by atoms with E-state index in [-0.39, 0.29) is 5.91 Å². The number of amides is 1. The molecule has 1 N–H and O–H groups in total. The number of para-hydroxylation sites is 1. The van der Waals surface area contributed by atoms with E-state index in [9.17, 15) is 4.79 Å². The molecule has 0 fully saturated rings. The predicted octanol–water partition coefficient (Wildman–Crippen LogP) is 5.28. The number of aromatic nitrogens is 3. The van der Waals surface area contributed by atoms with Crippen molar-refractivity contribution in [3.8, 4) is 11.3 Å². The minimum absolute atomic E-state index is 0.135. The van der Waals surface area contributed by atoms with Crippen molar-refractivity contribution in [3.63, 3.8) is 0 Å². The molecule has 0 radical (unpaired) electrons. The molecule has 0 spiro atoms. The van der Waals surface area contributed by atoms with Crippen LogP contribution >= 0.6 is 22.7 Å². The molecule has 1 aromatic carbocycles. The van der Waals surface area contributed by atoms with Gasteiger partial charge in [0.25, 0.3) is 0 Å². The van der Waals surface area contributed by atoms with E-state index in [0.717, 1.165) is 58.9 Å². The molecule has 4 rings (SSSR count). The lowest BCUT2D eigenvalue weighted by Gasteiger charge is -2.04. The molecule has 154 valence electrons. The van der Waals surface area contributed by atoms with Crippen LogP contribution in [0.2, 0.25) is 0 Å². The number of hydrogen-bond acceptors (Lipinski definition) is 6. The van der Waals surface area contributed by atoms with Crippen molar-refractivity contribution >= 4 is 38.8 Å². The number of aryl methyl sites for hydroxylation is 2. The fourth-order valence-electron chi connectivity index (χ4n) is 3.23. The first-order chi connectivity index (χ1) is 14.8. The molecule has 3 heterocycles. The SMILES string of the molecule is O=C(CCCCc1nc2ccccc2s1)NCCCc1nc(-c2ccncc2)cs1. The molecule has 0 saturated heterocycles. The molecule has 0 aliphatic rings. The van der Waals surface area contributed by atoms with Gasteiger partial charge in [0.15, 0.2) is 0 Å². The van der Waals surface area contributed by atoms with Gasteiger partial charge in [-0.15, -0.1) is 22.7 Å². The second-order valence-corrected chi connectivity index (χ2v) is 9.16. The van der Waals surface area contributed by atoms with Crippen molar-refractivity contribution in [2.75, 3.05) is 6.54 Å². The molecule has 0 unspecified atom stereocenters. The summed E-state index contributed by atoms with van der Waals surface area (Å²) in [5.41, 5.74) is 3.16. The monoisotopic (exact) mass is 436 g/mol. The Morgan fingerprint density at radius 2 is 1.77 bits per heavy atom. The van der Waals surface area contributed by atoms with Crippen LogP contribution in [0.15, 0.2) is 54.2 Å². The fourth-order valence-corrected chi connectivity index (χ4v) is 5.08. The summed E-state index contributed by atoms with van der Waals surface area (Å²) in [7, 11) is 0. The number of hydrogen-bond donors (Lipinski definition) is 1. The van der Waals surface area contributed by atoms with Gasteiger partial charge >= 0.3 is 0 Å². The third-order valence-electron chi connectivity index (χ3n) is 4.80. The molecule has 0 aliphatic heterocycles. The summed E-state index contributed by atoms with van der Waals surface area (Å²) in [6, 6.07) is 12.2. The maximum atomic E-state index is 12.1. The van der Waals surface area contributed by atoms with Crippen molar-refractivity contribution in [2.45, 2.75) is 38.5 Å². The number of unbranched alkanes of at least 4 members (excludes halogenated alkanes) is 1. The first-order valence-corrected chi connectivity index (χ1v) is 11.9. The van der Waals surface area contributed by atoms with Gasteiger partial charge in [-0.05, 0) is 49.9 Å². The highest BCUT2D eigenvalue weighted by Gasteiger charge is 2.06. The Kier molecular flexibility index (Phi) is 7.16. The highest BCUT2D eigenvalue weighted by Crippen LogP contribution is 2.23. The largest absolute Gasteiger partial charge is 0.356 e. The molecule has 0 atom stereocenters. The molecule has 0 bridgehead atoms. The normalized spacial score (nSPS) is 11.1. The highest BCUT2D eigenvalue weighted by atomic mass is 32.1. The van der Waals surface area contributed by atoms with Crippen LogP contribution < -0.4 is 5.32 Å². The molecule has 4 aromatic rings. The van der Waals surface area contributed by atoms with Crippen LogP contribution in [0.1, 0.15) is 35.7 Å². The van der Waals surface area contributed by atoms with E-state index in [1.165, 1.54) is 4.70 Å². The van der Waals surface area contributed by atoms with Crippen LogP contribution in [0.4, 0.5) is 0 Å². The summed E-state index contributed by atoms with van der Waals surface area (Å²) in [5, 5.41) is 7.37. The molecule has 30 heavy (non-hydrogen) atoms. The minimum Gasteiger partial charge on any atom is -0.356 e. The smallest absolute Gasteiger partial charge is 0.219 e. The van der Waals surface area contributed by atoms with E-state index in [0.29, 0.717) is 13.0 Å². The number of thiazole rings is 2. The number of pyridine rings is 1. The van der Waals surface area contributed by atoms with E-state index >= 15 is 0 Å². The molecule has 0 aliphatic carbocycles. The number of carbonyl (C=O) groups excluding carboxylic acids is 1. The Morgan fingerprint density at radius 3 is 2.63 bits per heavy atom. The van der Waals surface area contributed by atoms with Gasteiger partial charge in [-0.3, -0.25) is 9.78 Å². The van der Waals surface area contributed by atoms with Crippen LogP contribution in [0.25, 0.3) is 21.5 Å². The Balaban J connectivity index is 1.10. The van der Waals surface area contributed by atoms with Crippen molar-refractivity contribution in [2.24, 2.45) is 0 Å². The first-order valence-electron chi connectivity index (χ1n) is 10.2. The van der Waals surface area contributed by atoms with Crippen LogP contribution in [-0.2, 0) is 17.6 Å². The zero-order chi connectivity index (χ0) is 20.6. The molecular weight excluding hydrogens is 412 g/mol. The van der Waals surface area contributed by atoms with E-state index in [4.69, 9.17) is 0 Å². The van der Waals surface area contributed by atoms with Gasteiger partial charge in [-0.2, -0.15) is 0 Å². The van der Waals surface area contributed by atoms with Crippen molar-refractivity contribution in [1.29, 1.82) is 0 Å². The summed E-state index contributed by atoms with van der Waals surface area (Å²) in [5.74, 6) is 0.135. The first kappa shape index (κ1) is 20.6. The Hall–Kier alpha value is -2.64. The van der Waals surface area contributed by atoms with E-state index in [1.54, 1.807) is 35.1 Å². The molecule has 1 amide bonds. The van der Waals surface area contributed by atoms with Crippen molar-refractivity contribution in [1.82, 2.24) is 20.3 Å². The number of carbonyl (C=O) groups is 1. The number of nitrogens with one attached hydrogen (secondary N) is 1. The van der Waals surface area contributed by atoms with E-state index in [2.05, 4.69) is 37.8 Å². The lowest BCUT2D eigenvalue weighted by molar-refractivity contribution is -0.121. The summed E-state index contributed by atoms with van der Waals surface area (Å²) in [6.07, 6.45) is 8.75. The summed E-state index contributed by atoms with van der Waals surface area (Å²) < 4.78 is 1.23. The minimum atomic E-state index is 0.135. The van der Waals surface area contributed by atoms with Crippen molar-refractivity contribution in [3.05, 3.63) is 64.2 Å². The van der Waals surface area contributed by atoms with Crippen LogP contribution in [0.5, 0.6) is 0 Å². The standard InChI is InChI=1S/C23H24N4OS2/c28-21(8-3-4-9-23-26-18-6-1-2-7-20(18)30-23)25-13-5-10-22-27-19(16-29-22)17-11-14-24-15-12-17/h1-2,6-7,11-12,14-16H,3-5,8-10,13H2,(H,25,28). The third-order valence-corrected chi connectivity index (χ3v) is 6.80. The van der Waals surface area contributed by atoms with Crippen LogP contribution in [0.3, 0.4) is 0 Å². The van der Waals surface area contributed by atoms with Crippen molar-refractivity contribution < 1.29 is 4.79 Å². The molecule has 3 aromatic heterocycles. The Labute approximate surface area is 184 Å². The van der Waals surface area contributed by atoms with E-state index in [1.807, 2.05) is 24.3 Å². The molecule has 7 heteroatoms. The topological polar surface area (TPSA) is 67.8 Å². The van der Waals surface area contributed by atoms with Crippen LogP contribution in [-0.4, -0.2) is 27.4 Å². The Morgan fingerprint density at radius 1 is 0.933 bits per heavy atom. The highest BCUT2D eigenvalue weighted by molar-refractivity contribution is 7.18.